The van der Waals surface area contributed by atoms with Crippen molar-refractivity contribution in [2.24, 2.45) is 0 Å². The molecule has 0 fully saturated rings. The lowest BCUT2D eigenvalue weighted by molar-refractivity contribution is -0.400. The minimum atomic E-state index is -1.37. The lowest BCUT2D eigenvalue weighted by atomic mass is 10.1. The molecule has 0 spiro atoms. The molecule has 14 nitrogen and oxygen atoms in total. The fourth-order valence-corrected chi connectivity index (χ4v) is 2.50. The van der Waals surface area contributed by atoms with Gasteiger partial charge in [-0.3, -0.25) is 35.1 Å². The van der Waals surface area contributed by atoms with E-state index in [1.165, 1.54) is 6.07 Å². The number of phenolic OH excluding ortho intramolecular Hbond substituents is 1. The van der Waals surface area contributed by atoms with Crippen molar-refractivity contribution in [1.29, 1.82) is 0 Å². The smallest absolute Gasteiger partial charge is 0.319 e. The third kappa shape index (κ3) is 5.41. The minimum Gasteiger partial charge on any atom is -0.502 e. The van der Waals surface area contributed by atoms with Gasteiger partial charge in [0.1, 0.15) is 0 Å². The Kier molecular flexibility index (Phi) is 6.66. The fraction of sp³-hybridized carbons (Fsp3) is 0.118. The van der Waals surface area contributed by atoms with E-state index in [4.69, 9.17) is 14.6 Å². The zero-order valence-corrected chi connectivity index (χ0v) is 15.6. The highest BCUT2D eigenvalue weighted by Gasteiger charge is 2.31. The van der Waals surface area contributed by atoms with E-state index in [9.17, 15) is 40.2 Å². The van der Waals surface area contributed by atoms with E-state index in [1.54, 1.807) is 0 Å². The predicted molar refractivity (Wildman–Crippen MR) is 102 cm³/mol. The number of phenols is 1. The maximum absolute atomic E-state index is 11.5. The summed E-state index contributed by atoms with van der Waals surface area (Å²) < 4.78 is 10.2. The molecule has 2 aromatic carbocycles. The molecule has 14 heteroatoms. The Morgan fingerprint density at radius 2 is 1.58 bits per heavy atom. The van der Waals surface area contributed by atoms with Crippen LogP contribution in [0.1, 0.15) is 11.1 Å². The summed E-state index contributed by atoms with van der Waals surface area (Å²) in [5, 5.41) is 52.6. The summed E-state index contributed by atoms with van der Waals surface area (Å²) in [5.74, 6) is -3.69. The second kappa shape index (κ2) is 9.17. The summed E-state index contributed by atoms with van der Waals surface area (Å²) in [5.41, 5.74) is -1.98. The highest BCUT2D eigenvalue weighted by atomic mass is 16.6. The van der Waals surface area contributed by atoms with E-state index >= 15 is 0 Å². The summed E-state index contributed by atoms with van der Waals surface area (Å²) in [6.45, 7) is 0. The first-order chi connectivity index (χ1) is 14.5. The van der Waals surface area contributed by atoms with Crippen LogP contribution in [-0.2, 0) is 11.2 Å². The van der Waals surface area contributed by atoms with Gasteiger partial charge in [-0.25, -0.2) is 0 Å². The van der Waals surface area contributed by atoms with Gasteiger partial charge in [-0.05, 0) is 23.3 Å². The fourth-order valence-electron chi connectivity index (χ4n) is 2.50. The maximum Gasteiger partial charge on any atom is 0.319 e. The molecule has 0 radical (unpaired) electrons. The molecule has 31 heavy (non-hydrogen) atoms. The van der Waals surface area contributed by atoms with Gasteiger partial charge in [0.25, 0.3) is 5.75 Å². The van der Waals surface area contributed by atoms with E-state index in [-0.39, 0.29) is 16.9 Å². The third-order valence-electron chi connectivity index (χ3n) is 3.74. The van der Waals surface area contributed by atoms with E-state index < -0.39 is 55.8 Å². The van der Waals surface area contributed by atoms with Gasteiger partial charge >= 0.3 is 17.3 Å². The Bertz CT molecular complexity index is 1080. The summed E-state index contributed by atoms with van der Waals surface area (Å²) in [4.78, 5) is 41.6. The van der Waals surface area contributed by atoms with Crippen molar-refractivity contribution in [2.45, 2.75) is 6.42 Å². The number of nitrogens with zero attached hydrogens (tertiary/aromatic N) is 3. The van der Waals surface area contributed by atoms with Crippen molar-refractivity contribution in [2.75, 3.05) is 7.11 Å². The molecule has 0 aliphatic rings. The van der Waals surface area contributed by atoms with E-state index in [0.29, 0.717) is 6.20 Å². The number of ether oxygens (including phenoxy) is 2. The van der Waals surface area contributed by atoms with Crippen LogP contribution in [0.25, 0.3) is 6.08 Å². The molecule has 0 aliphatic carbocycles. The summed E-state index contributed by atoms with van der Waals surface area (Å²) in [6.07, 6.45) is 0.858. The van der Waals surface area contributed by atoms with E-state index in [1.807, 2.05) is 0 Å². The largest absolute Gasteiger partial charge is 0.502 e. The standard InChI is InChI=1S/C17H13N3O11/c1-30-13-6-9(2-3-18(24)25)7-14(16(13)23)31-17-11(19(26)27)4-10(8-15(21)22)5-12(17)20(28)29/h2-7,23H,8H2,1H3,(H,21,22)/b3-2+. The SMILES string of the molecule is COc1cc(/C=C/[N+](=O)[O-])cc(Oc2c([N+](=O)[O-])cc(CC(=O)O)cc2[N+](=O)[O-])c1O. The van der Waals surface area contributed by atoms with Crippen molar-refractivity contribution in [3.8, 4) is 23.0 Å². The molecule has 2 N–H and O–H groups in total. The second-order valence-corrected chi connectivity index (χ2v) is 5.82. The Morgan fingerprint density at radius 3 is 2.03 bits per heavy atom. The molecule has 2 rings (SSSR count). The van der Waals surface area contributed by atoms with Crippen molar-refractivity contribution >= 4 is 23.4 Å². The lowest BCUT2D eigenvalue weighted by Crippen LogP contribution is -2.04. The number of carboxylic acid groups (broad SMARTS) is 1. The lowest BCUT2D eigenvalue weighted by Gasteiger charge is -2.12. The molecule has 0 saturated heterocycles. The number of benzene rings is 2. The molecule has 0 saturated carbocycles. The number of hydrogen-bond acceptors (Lipinski definition) is 10. The van der Waals surface area contributed by atoms with Crippen molar-refractivity contribution < 1.29 is 39.3 Å². The molecule has 0 heterocycles. The van der Waals surface area contributed by atoms with Gasteiger partial charge in [0.05, 0.1) is 28.3 Å². The maximum atomic E-state index is 11.5. The van der Waals surface area contributed by atoms with Gasteiger partial charge in [0.2, 0.25) is 11.9 Å². The van der Waals surface area contributed by atoms with Crippen LogP contribution in [0.5, 0.6) is 23.0 Å². The minimum absolute atomic E-state index is 0.0779. The first-order valence-electron chi connectivity index (χ1n) is 8.11. The van der Waals surface area contributed by atoms with Crippen LogP contribution in [0.15, 0.2) is 30.5 Å². The number of methoxy groups -OCH3 is 1. The highest BCUT2D eigenvalue weighted by molar-refractivity contribution is 5.73. The van der Waals surface area contributed by atoms with Gasteiger partial charge in [-0.15, -0.1) is 0 Å². The molecular weight excluding hydrogens is 422 g/mol. The first kappa shape index (κ1) is 22.5. The zero-order chi connectivity index (χ0) is 23.3. The summed E-state index contributed by atoms with van der Waals surface area (Å²) in [7, 11) is 1.16. The molecular formula is C17H13N3O11. The van der Waals surface area contributed by atoms with Gasteiger partial charge in [0.15, 0.2) is 11.5 Å². The van der Waals surface area contributed by atoms with Crippen LogP contribution in [0.4, 0.5) is 11.4 Å². The van der Waals surface area contributed by atoms with Gasteiger partial charge in [-0.2, -0.15) is 0 Å². The average molecular weight is 435 g/mol. The van der Waals surface area contributed by atoms with Crippen LogP contribution < -0.4 is 9.47 Å². The van der Waals surface area contributed by atoms with E-state index in [2.05, 4.69) is 0 Å². The molecule has 0 bridgehead atoms. The normalized spacial score (nSPS) is 10.6. The number of carboxylic acids is 1. The first-order valence-corrected chi connectivity index (χ1v) is 8.11. The Hall–Kier alpha value is -4.75. The Labute approximate surface area is 172 Å². The number of aromatic hydroxyl groups is 1. The van der Waals surface area contributed by atoms with Crippen LogP contribution in [0.2, 0.25) is 0 Å². The van der Waals surface area contributed by atoms with Gasteiger partial charge in [-0.1, -0.05) is 0 Å². The Balaban J connectivity index is 2.70. The molecule has 2 aromatic rings. The number of aliphatic carboxylic acids is 1. The molecule has 0 atom stereocenters. The average Bonchev–Trinajstić information content (AvgIpc) is 2.68. The van der Waals surface area contributed by atoms with Crippen molar-refractivity contribution in [3.05, 3.63) is 71.9 Å². The number of nitro groups is 3. The van der Waals surface area contributed by atoms with E-state index in [0.717, 1.165) is 31.4 Å². The monoisotopic (exact) mass is 435 g/mol. The second-order valence-electron chi connectivity index (χ2n) is 5.82. The molecule has 162 valence electrons. The third-order valence-corrected chi connectivity index (χ3v) is 3.74. The predicted octanol–water partition coefficient (Wildman–Crippen LogP) is 2.88. The number of rotatable bonds is 9. The van der Waals surface area contributed by atoms with Crippen LogP contribution in [0, 0.1) is 30.3 Å². The molecule has 0 amide bonds. The number of hydrogen-bond donors (Lipinski definition) is 2. The van der Waals surface area contributed by atoms with Crippen molar-refractivity contribution in [3.63, 3.8) is 0 Å². The van der Waals surface area contributed by atoms with Crippen LogP contribution in [0.3, 0.4) is 0 Å². The summed E-state index contributed by atoms with van der Waals surface area (Å²) in [6, 6.07) is 3.82. The summed E-state index contributed by atoms with van der Waals surface area (Å²) >= 11 is 0. The van der Waals surface area contributed by atoms with Crippen molar-refractivity contribution in [1.82, 2.24) is 0 Å². The van der Waals surface area contributed by atoms with Crippen LogP contribution in [-0.4, -0.2) is 38.1 Å². The topological polar surface area (TPSA) is 205 Å². The molecule has 0 aromatic heterocycles. The highest BCUT2D eigenvalue weighted by Crippen LogP contribution is 2.46. The molecule has 0 unspecified atom stereocenters. The number of carbonyl (C=O) groups is 1. The van der Waals surface area contributed by atoms with Gasteiger partial charge < -0.3 is 19.7 Å². The number of nitro benzene ring substituents is 2. The quantitative estimate of drug-likeness (QED) is 0.432. The molecule has 0 aliphatic heterocycles. The van der Waals surface area contributed by atoms with Crippen LogP contribution >= 0.6 is 0 Å². The zero-order valence-electron chi connectivity index (χ0n) is 15.6. The van der Waals surface area contributed by atoms with Gasteiger partial charge in [0, 0.05) is 18.2 Å². The Morgan fingerprint density at radius 1 is 1.03 bits per heavy atom.